The van der Waals surface area contributed by atoms with Gasteiger partial charge >= 0.3 is 0 Å². The van der Waals surface area contributed by atoms with E-state index in [0.29, 0.717) is 45.0 Å². The number of carbonyl (C=O) groups excluding carboxylic acids is 3. The molecule has 2 saturated heterocycles. The maximum Gasteiger partial charge on any atom is 0.251 e. The van der Waals surface area contributed by atoms with Gasteiger partial charge in [0, 0.05) is 51.2 Å². The van der Waals surface area contributed by atoms with Gasteiger partial charge in [-0.1, -0.05) is 19.8 Å². The topological polar surface area (TPSA) is 76.2 Å². The molecule has 0 N–H and O–H groups in total. The van der Waals surface area contributed by atoms with E-state index >= 15 is 0 Å². The van der Waals surface area contributed by atoms with Crippen molar-refractivity contribution in [3.05, 3.63) is 29.8 Å². The van der Waals surface area contributed by atoms with E-state index in [0.717, 1.165) is 37.9 Å². The van der Waals surface area contributed by atoms with Gasteiger partial charge in [0.1, 0.15) is 11.9 Å². The number of ether oxygens (including phenoxy) is 2. The second-order valence-corrected chi connectivity index (χ2v) is 8.21. The van der Waals surface area contributed by atoms with Crippen molar-refractivity contribution >= 4 is 17.6 Å². The number of benzene rings is 1. The Hall–Kier alpha value is -2.41. The van der Waals surface area contributed by atoms with E-state index in [4.69, 9.17) is 9.47 Å². The Morgan fingerprint density at radius 2 is 1.71 bits per heavy atom. The highest BCUT2D eigenvalue weighted by Crippen LogP contribution is 2.17. The standard InChI is InChI=1S/C24H34N2O5/c1-2-3-4-17-30-20-9-7-19(8-10-20)21(27)11-12-23(28)25-13-15-26(16-14-25)24(29)22-6-5-18-31-22/h7-10,22H,2-6,11-18H2,1H3. The Balaban J connectivity index is 1.37. The molecule has 1 unspecified atom stereocenters. The molecule has 3 rings (SSSR count). The van der Waals surface area contributed by atoms with Crippen LogP contribution in [0.5, 0.6) is 5.75 Å². The fourth-order valence-electron chi connectivity index (χ4n) is 3.95. The molecule has 0 aliphatic carbocycles. The molecule has 0 bridgehead atoms. The van der Waals surface area contributed by atoms with Crippen LogP contribution in [-0.2, 0) is 14.3 Å². The van der Waals surface area contributed by atoms with Crippen LogP contribution in [0.3, 0.4) is 0 Å². The molecule has 2 heterocycles. The van der Waals surface area contributed by atoms with Crippen LogP contribution in [0.25, 0.3) is 0 Å². The van der Waals surface area contributed by atoms with Crippen molar-refractivity contribution in [1.82, 2.24) is 9.80 Å². The van der Waals surface area contributed by atoms with E-state index in [1.165, 1.54) is 0 Å². The van der Waals surface area contributed by atoms with Crippen molar-refractivity contribution in [1.29, 1.82) is 0 Å². The zero-order valence-corrected chi connectivity index (χ0v) is 18.5. The Labute approximate surface area is 184 Å². The summed E-state index contributed by atoms with van der Waals surface area (Å²) in [6.07, 6.45) is 5.09. The Bertz CT molecular complexity index is 735. The summed E-state index contributed by atoms with van der Waals surface area (Å²) in [7, 11) is 0. The van der Waals surface area contributed by atoms with Crippen LogP contribution in [0.4, 0.5) is 0 Å². The number of unbranched alkanes of at least 4 members (excludes halogenated alkanes) is 2. The molecule has 0 radical (unpaired) electrons. The molecule has 0 saturated carbocycles. The van der Waals surface area contributed by atoms with E-state index < -0.39 is 0 Å². The number of rotatable bonds is 10. The van der Waals surface area contributed by atoms with Gasteiger partial charge < -0.3 is 19.3 Å². The Kier molecular flexibility index (Phi) is 8.88. The first-order chi connectivity index (χ1) is 15.1. The molecule has 7 heteroatoms. The molecule has 170 valence electrons. The lowest BCUT2D eigenvalue weighted by Crippen LogP contribution is -2.52. The second-order valence-electron chi connectivity index (χ2n) is 8.21. The molecule has 2 amide bonds. The Morgan fingerprint density at radius 1 is 1.00 bits per heavy atom. The molecule has 2 aliphatic heterocycles. The van der Waals surface area contributed by atoms with E-state index in [9.17, 15) is 14.4 Å². The lowest BCUT2D eigenvalue weighted by Gasteiger charge is -2.35. The summed E-state index contributed by atoms with van der Waals surface area (Å²) in [5.74, 6) is 0.725. The van der Waals surface area contributed by atoms with Gasteiger partial charge in [-0.15, -0.1) is 0 Å². The van der Waals surface area contributed by atoms with Gasteiger partial charge in [0.05, 0.1) is 6.61 Å². The molecule has 31 heavy (non-hydrogen) atoms. The number of hydrogen-bond acceptors (Lipinski definition) is 5. The summed E-state index contributed by atoms with van der Waals surface area (Å²) in [4.78, 5) is 40.9. The first kappa shape index (κ1) is 23.3. The van der Waals surface area contributed by atoms with Crippen LogP contribution < -0.4 is 4.74 Å². The van der Waals surface area contributed by atoms with Crippen LogP contribution >= 0.6 is 0 Å². The average molecular weight is 431 g/mol. The van der Waals surface area contributed by atoms with Crippen molar-refractivity contribution in [3.8, 4) is 5.75 Å². The summed E-state index contributed by atoms with van der Waals surface area (Å²) in [6, 6.07) is 7.14. The SMILES string of the molecule is CCCCCOc1ccc(C(=O)CCC(=O)N2CCN(C(=O)C3CCCO3)CC2)cc1. The van der Waals surface area contributed by atoms with Gasteiger partial charge in [-0.05, 0) is 43.5 Å². The maximum absolute atomic E-state index is 12.5. The van der Waals surface area contributed by atoms with E-state index in [1.54, 1.807) is 21.9 Å². The highest BCUT2D eigenvalue weighted by molar-refractivity contribution is 5.98. The van der Waals surface area contributed by atoms with E-state index in [2.05, 4.69) is 6.92 Å². The number of carbonyl (C=O) groups is 3. The predicted octanol–water partition coefficient (Wildman–Crippen LogP) is 3.07. The molecule has 1 atom stereocenters. The monoisotopic (exact) mass is 430 g/mol. The summed E-state index contributed by atoms with van der Waals surface area (Å²) >= 11 is 0. The number of piperazine rings is 1. The lowest BCUT2D eigenvalue weighted by atomic mass is 10.1. The average Bonchev–Trinajstić information content (AvgIpc) is 3.35. The molecule has 1 aromatic rings. The molecule has 2 aliphatic rings. The van der Waals surface area contributed by atoms with Crippen molar-refractivity contribution in [2.45, 2.75) is 58.0 Å². The van der Waals surface area contributed by atoms with Crippen LogP contribution in [0, 0.1) is 0 Å². The van der Waals surface area contributed by atoms with Crippen molar-refractivity contribution in [2.75, 3.05) is 39.4 Å². The number of amides is 2. The fourth-order valence-corrected chi connectivity index (χ4v) is 3.95. The molecule has 1 aromatic carbocycles. The minimum Gasteiger partial charge on any atom is -0.494 e. The number of nitrogens with zero attached hydrogens (tertiary/aromatic N) is 2. The zero-order chi connectivity index (χ0) is 22.1. The van der Waals surface area contributed by atoms with Crippen LogP contribution in [0.2, 0.25) is 0 Å². The molecular weight excluding hydrogens is 396 g/mol. The van der Waals surface area contributed by atoms with Crippen molar-refractivity contribution in [2.24, 2.45) is 0 Å². The normalized spacial score (nSPS) is 18.8. The summed E-state index contributed by atoms with van der Waals surface area (Å²) in [5, 5.41) is 0. The van der Waals surface area contributed by atoms with Gasteiger partial charge in [0.25, 0.3) is 5.91 Å². The highest BCUT2D eigenvalue weighted by Gasteiger charge is 2.31. The third-order valence-corrected chi connectivity index (χ3v) is 5.91. The van der Waals surface area contributed by atoms with Gasteiger partial charge in [-0.25, -0.2) is 0 Å². The first-order valence-corrected chi connectivity index (χ1v) is 11.5. The third kappa shape index (κ3) is 6.79. The summed E-state index contributed by atoms with van der Waals surface area (Å²) in [5.41, 5.74) is 0.598. The van der Waals surface area contributed by atoms with Gasteiger partial charge in [0.15, 0.2) is 5.78 Å². The van der Waals surface area contributed by atoms with Crippen molar-refractivity contribution < 1.29 is 23.9 Å². The number of hydrogen-bond donors (Lipinski definition) is 0. The fraction of sp³-hybridized carbons (Fsp3) is 0.625. The molecule has 0 aromatic heterocycles. The van der Waals surface area contributed by atoms with Gasteiger partial charge in [-0.3, -0.25) is 14.4 Å². The van der Waals surface area contributed by atoms with Gasteiger partial charge in [-0.2, -0.15) is 0 Å². The maximum atomic E-state index is 12.5. The van der Waals surface area contributed by atoms with Gasteiger partial charge in [0.2, 0.25) is 5.91 Å². The lowest BCUT2D eigenvalue weighted by molar-refractivity contribution is -0.146. The number of Topliss-reactive ketones (excluding diaryl/α,β-unsaturated/α-hetero) is 1. The van der Waals surface area contributed by atoms with Crippen LogP contribution in [0.15, 0.2) is 24.3 Å². The Morgan fingerprint density at radius 3 is 2.35 bits per heavy atom. The second kappa shape index (κ2) is 11.8. The first-order valence-electron chi connectivity index (χ1n) is 11.5. The quantitative estimate of drug-likeness (QED) is 0.421. The molecule has 7 nitrogen and oxygen atoms in total. The van der Waals surface area contributed by atoms with Crippen molar-refractivity contribution in [3.63, 3.8) is 0 Å². The summed E-state index contributed by atoms with van der Waals surface area (Å²) in [6.45, 7) is 5.56. The third-order valence-electron chi connectivity index (χ3n) is 5.91. The summed E-state index contributed by atoms with van der Waals surface area (Å²) < 4.78 is 11.1. The largest absolute Gasteiger partial charge is 0.494 e. The molecular formula is C24H34N2O5. The zero-order valence-electron chi connectivity index (χ0n) is 18.5. The van der Waals surface area contributed by atoms with E-state index in [-0.39, 0.29) is 36.5 Å². The van der Waals surface area contributed by atoms with Crippen LogP contribution in [0.1, 0.15) is 62.2 Å². The number of ketones is 1. The minimum atomic E-state index is -0.312. The van der Waals surface area contributed by atoms with E-state index in [1.807, 2.05) is 12.1 Å². The smallest absolute Gasteiger partial charge is 0.251 e. The van der Waals surface area contributed by atoms with Crippen LogP contribution in [-0.4, -0.2) is 72.9 Å². The molecule has 0 spiro atoms. The highest BCUT2D eigenvalue weighted by atomic mass is 16.5. The predicted molar refractivity (Wildman–Crippen MR) is 117 cm³/mol. The minimum absolute atomic E-state index is 0.0338. The molecule has 2 fully saturated rings.